The lowest BCUT2D eigenvalue weighted by Gasteiger charge is -2.24. The fraction of sp³-hybridized carbons (Fsp3) is 0.714. The molecule has 0 saturated carbocycles. The maximum Gasteiger partial charge on any atom is 0.330 e. The van der Waals surface area contributed by atoms with Gasteiger partial charge in [0.05, 0.1) is 25.9 Å². The predicted octanol–water partition coefficient (Wildman–Crippen LogP) is -0.182. The number of H-pyrrole nitrogens is 1. The van der Waals surface area contributed by atoms with Crippen LogP contribution in [0.15, 0.2) is 15.8 Å². The lowest BCUT2D eigenvalue weighted by atomic mass is 10.0. The smallest absolute Gasteiger partial charge is 0.330 e. The second kappa shape index (κ2) is 8.38. The van der Waals surface area contributed by atoms with Crippen molar-refractivity contribution in [1.82, 2.24) is 9.55 Å². The summed E-state index contributed by atoms with van der Waals surface area (Å²) in [6.45, 7) is 2.22. The van der Waals surface area contributed by atoms with E-state index in [2.05, 4.69) is 27.6 Å². The minimum Gasteiger partial charge on any atom is -0.394 e. The molecule has 1 saturated heterocycles. The number of ether oxygens (including phenoxy) is 3. The number of methoxy groups -OCH3 is 1. The molecule has 2 N–H and O–H groups in total. The maximum absolute atomic E-state index is 12.1. The van der Waals surface area contributed by atoms with Gasteiger partial charge >= 0.3 is 5.69 Å². The van der Waals surface area contributed by atoms with E-state index in [0.717, 1.165) is 0 Å². The van der Waals surface area contributed by atoms with Crippen LogP contribution in [0.1, 0.15) is 11.8 Å². The molecule has 9 heteroatoms. The van der Waals surface area contributed by atoms with Gasteiger partial charge in [0.15, 0.2) is 6.23 Å². The lowest BCUT2D eigenvalue weighted by molar-refractivity contribution is -0.0794. The van der Waals surface area contributed by atoms with Gasteiger partial charge in [-0.15, -0.1) is 0 Å². The fourth-order valence-electron chi connectivity index (χ4n) is 2.62. The Kier molecular flexibility index (Phi) is 6.77. The number of hydrogen-bond acceptors (Lipinski definition) is 6. The number of halogens is 1. The molecule has 0 bridgehead atoms. The molecular formula is C14H21IN2O6. The monoisotopic (exact) mass is 440 g/mol. The van der Waals surface area contributed by atoms with Crippen molar-refractivity contribution in [1.29, 1.82) is 0 Å². The maximum atomic E-state index is 12.1. The molecule has 0 unspecified atom stereocenters. The van der Waals surface area contributed by atoms with Gasteiger partial charge in [-0.3, -0.25) is 14.3 Å². The fourth-order valence-corrected chi connectivity index (χ4v) is 3.69. The summed E-state index contributed by atoms with van der Waals surface area (Å²) < 4.78 is 18.7. The molecule has 2 heterocycles. The van der Waals surface area contributed by atoms with E-state index in [1.165, 1.54) is 10.8 Å². The Morgan fingerprint density at radius 2 is 2.17 bits per heavy atom. The first-order valence-electron chi connectivity index (χ1n) is 7.28. The average Bonchev–Trinajstić information content (AvgIpc) is 2.88. The normalized spacial score (nSPS) is 27.5. The van der Waals surface area contributed by atoms with Crippen LogP contribution in [-0.2, 0) is 14.2 Å². The molecule has 0 spiro atoms. The van der Waals surface area contributed by atoms with E-state index in [0.29, 0.717) is 23.2 Å². The van der Waals surface area contributed by atoms with Gasteiger partial charge < -0.3 is 19.3 Å². The summed E-state index contributed by atoms with van der Waals surface area (Å²) in [7, 11) is 1.58. The molecule has 1 aliphatic heterocycles. The van der Waals surface area contributed by atoms with E-state index >= 15 is 0 Å². The third-order valence-corrected chi connectivity index (χ3v) is 4.89. The number of aromatic nitrogens is 2. The summed E-state index contributed by atoms with van der Waals surface area (Å²) in [6, 6.07) is 0. The largest absolute Gasteiger partial charge is 0.394 e. The molecule has 1 fully saturated rings. The van der Waals surface area contributed by atoms with Gasteiger partial charge in [0.1, 0.15) is 6.10 Å². The first-order chi connectivity index (χ1) is 11.0. The summed E-state index contributed by atoms with van der Waals surface area (Å²) in [5.41, 5.74) is -0.579. The molecule has 1 aromatic heterocycles. The zero-order valence-electron chi connectivity index (χ0n) is 13.0. The van der Waals surface area contributed by atoms with E-state index in [-0.39, 0.29) is 12.5 Å². The molecule has 23 heavy (non-hydrogen) atoms. The van der Waals surface area contributed by atoms with E-state index in [4.69, 9.17) is 14.2 Å². The van der Waals surface area contributed by atoms with Gasteiger partial charge in [0, 0.05) is 29.2 Å². The number of nitrogens with zero attached hydrogens (tertiary/aromatic N) is 1. The van der Waals surface area contributed by atoms with Gasteiger partial charge in [-0.05, 0) is 6.92 Å². The van der Waals surface area contributed by atoms with E-state index in [1.54, 1.807) is 14.0 Å². The summed E-state index contributed by atoms with van der Waals surface area (Å²) in [5, 5.41) is 9.54. The molecule has 8 nitrogen and oxygen atoms in total. The standard InChI is InChI=1S/C14H21IN2O6/c1-8-6-17(14(20)16-12(8)19)13-11(22-4-3-21-2)9(5-15)10(7-18)23-13/h6,9-11,13,18H,3-5,7H2,1-2H3,(H,16,19,20)/t9-,10-,11-,13-/m1/s1. The predicted molar refractivity (Wildman–Crippen MR) is 91.0 cm³/mol. The quantitative estimate of drug-likeness (QED) is 0.347. The molecule has 4 atom stereocenters. The Bertz CT molecular complexity index is 630. The number of alkyl halides is 1. The summed E-state index contributed by atoms with van der Waals surface area (Å²) in [5.74, 6) is -0.0680. The van der Waals surface area contributed by atoms with Crippen molar-refractivity contribution in [3.05, 3.63) is 32.6 Å². The van der Waals surface area contributed by atoms with Gasteiger partial charge in [-0.2, -0.15) is 0 Å². The number of aromatic amines is 1. The molecule has 1 aliphatic rings. The van der Waals surface area contributed by atoms with Crippen LogP contribution in [0.4, 0.5) is 0 Å². The molecule has 0 aliphatic carbocycles. The van der Waals surface area contributed by atoms with E-state index in [1.807, 2.05) is 0 Å². The third kappa shape index (κ3) is 4.02. The second-order valence-electron chi connectivity index (χ2n) is 5.37. The highest BCUT2D eigenvalue weighted by molar-refractivity contribution is 14.1. The van der Waals surface area contributed by atoms with Crippen LogP contribution in [0, 0.1) is 12.8 Å². The highest BCUT2D eigenvalue weighted by Crippen LogP contribution is 2.36. The van der Waals surface area contributed by atoms with Crippen LogP contribution in [-0.4, -0.2) is 58.2 Å². The Hall–Kier alpha value is -0.750. The number of aliphatic hydroxyl groups is 1. The van der Waals surface area contributed by atoms with Crippen LogP contribution in [0.3, 0.4) is 0 Å². The van der Waals surface area contributed by atoms with Crippen molar-refractivity contribution in [2.45, 2.75) is 25.4 Å². The van der Waals surface area contributed by atoms with Crippen molar-refractivity contribution in [3.63, 3.8) is 0 Å². The zero-order chi connectivity index (χ0) is 17.0. The van der Waals surface area contributed by atoms with Crippen LogP contribution in [0.25, 0.3) is 0 Å². The Labute approximate surface area is 146 Å². The first kappa shape index (κ1) is 18.6. The molecule has 0 aromatic carbocycles. The number of nitrogens with one attached hydrogen (secondary N) is 1. The minimum atomic E-state index is -0.702. The topological polar surface area (TPSA) is 103 Å². The third-order valence-electron chi connectivity index (χ3n) is 3.87. The Balaban J connectivity index is 2.35. The Morgan fingerprint density at radius 1 is 1.43 bits per heavy atom. The summed E-state index contributed by atoms with van der Waals surface area (Å²) in [4.78, 5) is 25.9. The molecule has 2 rings (SSSR count). The highest BCUT2D eigenvalue weighted by atomic mass is 127. The summed E-state index contributed by atoms with van der Waals surface area (Å²) in [6.07, 6.45) is -0.0831. The first-order valence-corrected chi connectivity index (χ1v) is 8.81. The number of aliphatic hydroxyl groups excluding tert-OH is 1. The van der Waals surface area contributed by atoms with Crippen LogP contribution < -0.4 is 11.2 Å². The van der Waals surface area contributed by atoms with Crippen molar-refractivity contribution in [3.8, 4) is 0 Å². The number of hydrogen-bond donors (Lipinski definition) is 2. The van der Waals surface area contributed by atoms with Gasteiger partial charge in [0.25, 0.3) is 5.56 Å². The van der Waals surface area contributed by atoms with Crippen molar-refractivity contribution >= 4 is 22.6 Å². The van der Waals surface area contributed by atoms with Crippen molar-refractivity contribution < 1.29 is 19.3 Å². The average molecular weight is 440 g/mol. The number of aryl methyl sites for hydroxylation is 1. The van der Waals surface area contributed by atoms with Crippen molar-refractivity contribution in [2.75, 3.05) is 31.4 Å². The zero-order valence-corrected chi connectivity index (χ0v) is 15.2. The molecule has 0 radical (unpaired) electrons. The van der Waals surface area contributed by atoms with Crippen LogP contribution in [0.2, 0.25) is 0 Å². The molecule has 0 amide bonds. The van der Waals surface area contributed by atoms with E-state index in [9.17, 15) is 14.7 Å². The lowest BCUT2D eigenvalue weighted by Crippen LogP contribution is -2.39. The SMILES string of the molecule is COCCO[C@@H]1[C@H](CI)[C@@H](CO)O[C@H]1n1cc(C)c(=O)[nH]c1=O. The van der Waals surface area contributed by atoms with Crippen LogP contribution >= 0.6 is 22.6 Å². The minimum absolute atomic E-state index is 0.0680. The highest BCUT2D eigenvalue weighted by Gasteiger charge is 2.45. The van der Waals surface area contributed by atoms with Crippen molar-refractivity contribution in [2.24, 2.45) is 5.92 Å². The molecule has 130 valence electrons. The Morgan fingerprint density at radius 3 is 2.78 bits per heavy atom. The second-order valence-corrected chi connectivity index (χ2v) is 6.25. The summed E-state index contributed by atoms with van der Waals surface area (Å²) >= 11 is 2.21. The van der Waals surface area contributed by atoms with E-state index < -0.39 is 29.7 Å². The van der Waals surface area contributed by atoms with Gasteiger partial charge in [0.2, 0.25) is 0 Å². The van der Waals surface area contributed by atoms with Gasteiger partial charge in [-0.1, -0.05) is 22.6 Å². The number of rotatable bonds is 7. The van der Waals surface area contributed by atoms with Gasteiger partial charge in [-0.25, -0.2) is 4.79 Å². The molecule has 1 aromatic rings. The van der Waals surface area contributed by atoms with Crippen LogP contribution in [0.5, 0.6) is 0 Å². The molecular weight excluding hydrogens is 419 g/mol.